The van der Waals surface area contributed by atoms with E-state index < -0.39 is 0 Å². The molecule has 4 heteroatoms. The van der Waals surface area contributed by atoms with Crippen LogP contribution in [0.1, 0.15) is 34.1 Å². The molecular weight excluding hydrogens is 278 g/mol. The summed E-state index contributed by atoms with van der Waals surface area (Å²) in [5.74, 6) is 0.196. The molecule has 1 aliphatic rings. The van der Waals surface area contributed by atoms with Gasteiger partial charge in [-0.3, -0.25) is 14.5 Å². The lowest BCUT2D eigenvalue weighted by Gasteiger charge is -2.27. The zero-order valence-electron chi connectivity index (χ0n) is 12.5. The third-order valence-corrected chi connectivity index (χ3v) is 3.76. The average Bonchev–Trinajstić information content (AvgIpc) is 2.54. The van der Waals surface area contributed by atoms with Crippen molar-refractivity contribution >= 4 is 22.6 Å². The molecule has 1 heterocycles. The number of carbonyl (C=O) groups is 2. The Morgan fingerprint density at radius 3 is 2.55 bits per heavy atom. The van der Waals surface area contributed by atoms with E-state index in [0.717, 1.165) is 11.8 Å². The second kappa shape index (κ2) is 5.64. The SMILES string of the molecule is C=CCOc1ccc2c3c(cccc13)C(=O)N(CCC)C2=O. The van der Waals surface area contributed by atoms with Crippen molar-refractivity contribution in [3.8, 4) is 5.75 Å². The van der Waals surface area contributed by atoms with E-state index in [9.17, 15) is 9.59 Å². The van der Waals surface area contributed by atoms with E-state index in [1.54, 1.807) is 24.3 Å². The molecule has 0 spiro atoms. The van der Waals surface area contributed by atoms with Crippen LogP contribution < -0.4 is 4.74 Å². The summed E-state index contributed by atoms with van der Waals surface area (Å²) in [6, 6.07) is 8.97. The van der Waals surface area contributed by atoms with Gasteiger partial charge in [-0.2, -0.15) is 0 Å². The van der Waals surface area contributed by atoms with Gasteiger partial charge in [0.05, 0.1) is 0 Å². The zero-order valence-corrected chi connectivity index (χ0v) is 12.5. The molecule has 4 nitrogen and oxygen atoms in total. The minimum Gasteiger partial charge on any atom is -0.489 e. The summed E-state index contributed by atoms with van der Waals surface area (Å²) in [4.78, 5) is 26.5. The predicted octanol–water partition coefficient (Wildman–Crippen LogP) is 3.41. The molecule has 0 saturated heterocycles. The fourth-order valence-electron chi connectivity index (χ4n) is 2.82. The van der Waals surface area contributed by atoms with E-state index in [1.165, 1.54) is 4.90 Å². The Bertz CT molecular complexity index is 757. The summed E-state index contributed by atoms with van der Waals surface area (Å²) in [6.07, 6.45) is 2.40. The van der Waals surface area contributed by atoms with Gasteiger partial charge in [-0.1, -0.05) is 31.7 Å². The van der Waals surface area contributed by atoms with Gasteiger partial charge >= 0.3 is 0 Å². The van der Waals surface area contributed by atoms with Crippen LogP contribution in [0.3, 0.4) is 0 Å². The molecule has 1 aliphatic heterocycles. The number of nitrogens with zero attached hydrogens (tertiary/aromatic N) is 1. The molecular formula is C18H17NO3. The van der Waals surface area contributed by atoms with Crippen LogP contribution in [0.5, 0.6) is 5.75 Å². The van der Waals surface area contributed by atoms with Gasteiger partial charge in [0.25, 0.3) is 11.8 Å². The van der Waals surface area contributed by atoms with E-state index in [2.05, 4.69) is 6.58 Å². The van der Waals surface area contributed by atoms with Crippen LogP contribution in [0.25, 0.3) is 10.8 Å². The summed E-state index contributed by atoms with van der Waals surface area (Å²) >= 11 is 0. The first-order valence-corrected chi connectivity index (χ1v) is 7.34. The van der Waals surface area contributed by atoms with Crippen LogP contribution in [0.15, 0.2) is 43.0 Å². The Balaban J connectivity index is 2.22. The smallest absolute Gasteiger partial charge is 0.261 e. The first kappa shape index (κ1) is 14.3. The monoisotopic (exact) mass is 295 g/mol. The van der Waals surface area contributed by atoms with E-state index in [1.807, 2.05) is 19.1 Å². The maximum Gasteiger partial charge on any atom is 0.261 e. The van der Waals surface area contributed by atoms with Crippen LogP contribution in [0, 0.1) is 0 Å². The molecule has 0 aliphatic carbocycles. The van der Waals surface area contributed by atoms with Gasteiger partial charge in [-0.25, -0.2) is 0 Å². The predicted molar refractivity (Wildman–Crippen MR) is 85.3 cm³/mol. The number of ether oxygens (including phenoxy) is 1. The molecule has 0 N–H and O–H groups in total. The minimum atomic E-state index is -0.231. The van der Waals surface area contributed by atoms with Crippen LogP contribution in [0.4, 0.5) is 0 Å². The van der Waals surface area contributed by atoms with Crippen LogP contribution >= 0.6 is 0 Å². The van der Waals surface area contributed by atoms with Crippen LogP contribution in [-0.2, 0) is 0 Å². The summed E-state index contributed by atoms with van der Waals surface area (Å²) in [6.45, 7) is 6.39. The number of imide groups is 1. The van der Waals surface area contributed by atoms with Gasteiger partial charge in [-0.05, 0) is 24.6 Å². The number of amides is 2. The number of benzene rings is 2. The topological polar surface area (TPSA) is 46.6 Å². The molecule has 112 valence electrons. The lowest BCUT2D eigenvalue weighted by Crippen LogP contribution is -2.40. The molecule has 22 heavy (non-hydrogen) atoms. The van der Waals surface area contributed by atoms with Crippen molar-refractivity contribution in [3.05, 3.63) is 54.1 Å². The van der Waals surface area contributed by atoms with Crippen molar-refractivity contribution in [2.24, 2.45) is 0 Å². The molecule has 0 atom stereocenters. The highest BCUT2D eigenvalue weighted by molar-refractivity contribution is 6.26. The molecule has 0 aromatic heterocycles. The van der Waals surface area contributed by atoms with Crippen molar-refractivity contribution in [1.29, 1.82) is 0 Å². The summed E-state index contributed by atoms with van der Waals surface area (Å²) in [5, 5.41) is 1.47. The number of hydrogen-bond acceptors (Lipinski definition) is 3. The van der Waals surface area contributed by atoms with Gasteiger partial charge in [0.15, 0.2) is 0 Å². The average molecular weight is 295 g/mol. The van der Waals surface area contributed by atoms with Crippen molar-refractivity contribution in [2.45, 2.75) is 13.3 Å². The fourth-order valence-corrected chi connectivity index (χ4v) is 2.82. The third-order valence-electron chi connectivity index (χ3n) is 3.76. The molecule has 0 saturated carbocycles. The number of rotatable bonds is 5. The maximum atomic E-state index is 12.6. The van der Waals surface area contributed by atoms with E-state index in [0.29, 0.717) is 35.4 Å². The highest BCUT2D eigenvalue weighted by Crippen LogP contribution is 2.35. The van der Waals surface area contributed by atoms with E-state index >= 15 is 0 Å². The van der Waals surface area contributed by atoms with Crippen molar-refractivity contribution < 1.29 is 14.3 Å². The van der Waals surface area contributed by atoms with Crippen molar-refractivity contribution in [3.63, 3.8) is 0 Å². The second-order valence-corrected chi connectivity index (χ2v) is 5.20. The molecule has 0 unspecified atom stereocenters. The lowest BCUT2D eigenvalue weighted by molar-refractivity contribution is 0.0610. The van der Waals surface area contributed by atoms with Gasteiger partial charge < -0.3 is 4.74 Å². The first-order valence-electron chi connectivity index (χ1n) is 7.34. The van der Waals surface area contributed by atoms with E-state index in [4.69, 9.17) is 4.74 Å². The Morgan fingerprint density at radius 1 is 1.14 bits per heavy atom. The standard InChI is InChI=1S/C18H17NO3/c1-3-10-19-17(20)13-7-5-6-12-15(22-11-4-2)9-8-14(16(12)13)18(19)21/h4-9H,2-3,10-11H2,1H3. The molecule has 2 aromatic carbocycles. The molecule has 0 fully saturated rings. The third kappa shape index (κ3) is 2.08. The molecule has 0 bridgehead atoms. The first-order chi connectivity index (χ1) is 10.7. The Hall–Kier alpha value is -2.62. The van der Waals surface area contributed by atoms with Crippen LogP contribution in [0.2, 0.25) is 0 Å². The van der Waals surface area contributed by atoms with Gasteiger partial charge in [-0.15, -0.1) is 0 Å². The van der Waals surface area contributed by atoms with Crippen molar-refractivity contribution in [2.75, 3.05) is 13.2 Å². The largest absolute Gasteiger partial charge is 0.489 e. The highest BCUT2D eigenvalue weighted by atomic mass is 16.5. The molecule has 2 amide bonds. The van der Waals surface area contributed by atoms with Gasteiger partial charge in [0.2, 0.25) is 0 Å². The van der Waals surface area contributed by atoms with Crippen LogP contribution in [-0.4, -0.2) is 29.9 Å². The molecule has 3 rings (SSSR count). The Labute approximate surface area is 129 Å². The normalized spacial score (nSPS) is 13.6. The Kier molecular flexibility index (Phi) is 3.67. The number of hydrogen-bond donors (Lipinski definition) is 0. The quantitative estimate of drug-likeness (QED) is 0.627. The molecule has 2 aromatic rings. The second-order valence-electron chi connectivity index (χ2n) is 5.20. The fraction of sp³-hybridized carbons (Fsp3) is 0.222. The minimum absolute atomic E-state index is 0.231. The van der Waals surface area contributed by atoms with Gasteiger partial charge in [0, 0.05) is 28.4 Å². The summed E-state index contributed by atoms with van der Waals surface area (Å²) < 4.78 is 5.64. The Morgan fingerprint density at radius 2 is 1.86 bits per heavy atom. The van der Waals surface area contributed by atoms with Crippen molar-refractivity contribution in [1.82, 2.24) is 4.90 Å². The summed E-state index contributed by atoms with van der Waals surface area (Å²) in [7, 11) is 0. The molecule has 0 radical (unpaired) electrons. The summed E-state index contributed by atoms with van der Waals surface area (Å²) in [5.41, 5.74) is 1.12. The van der Waals surface area contributed by atoms with E-state index in [-0.39, 0.29) is 11.8 Å². The number of carbonyl (C=O) groups excluding carboxylic acids is 2. The lowest BCUT2D eigenvalue weighted by atomic mass is 9.93. The highest BCUT2D eigenvalue weighted by Gasteiger charge is 2.32. The zero-order chi connectivity index (χ0) is 15.7. The maximum absolute atomic E-state index is 12.6. The van der Waals surface area contributed by atoms with Gasteiger partial charge in [0.1, 0.15) is 12.4 Å².